The summed E-state index contributed by atoms with van der Waals surface area (Å²) in [4.78, 5) is 26.0. The molecule has 1 saturated heterocycles. The van der Waals surface area contributed by atoms with Crippen LogP contribution in [0.1, 0.15) is 44.9 Å². The molecule has 1 aromatic heterocycles. The summed E-state index contributed by atoms with van der Waals surface area (Å²) < 4.78 is 0. The van der Waals surface area contributed by atoms with Gasteiger partial charge in [0.25, 0.3) is 0 Å². The number of anilines is 2. The van der Waals surface area contributed by atoms with Crippen molar-refractivity contribution < 1.29 is 4.79 Å². The second-order valence-electron chi connectivity index (χ2n) is 6.84. The number of aryl methyl sites for hydroxylation is 1. The van der Waals surface area contributed by atoms with E-state index in [-0.39, 0.29) is 5.92 Å². The van der Waals surface area contributed by atoms with Crippen LogP contribution in [0.4, 0.5) is 11.6 Å². The van der Waals surface area contributed by atoms with Crippen molar-refractivity contribution in [2.45, 2.75) is 46.0 Å². The maximum atomic E-state index is 12.7. The van der Waals surface area contributed by atoms with Gasteiger partial charge in [0.15, 0.2) is 0 Å². The molecular formula is C18H29N5O. The Hall–Kier alpha value is -1.85. The predicted molar refractivity (Wildman–Crippen MR) is 96.3 cm³/mol. The molecule has 1 aliphatic heterocycles. The normalized spacial score (nSPS) is 19.4. The molecule has 2 heterocycles. The zero-order valence-corrected chi connectivity index (χ0v) is 14.9. The van der Waals surface area contributed by atoms with Gasteiger partial charge in [-0.25, -0.2) is 9.97 Å². The van der Waals surface area contributed by atoms with E-state index in [1.807, 2.05) is 13.0 Å². The summed E-state index contributed by atoms with van der Waals surface area (Å²) in [6.07, 6.45) is 5.87. The molecule has 0 atom stereocenters. The van der Waals surface area contributed by atoms with Gasteiger partial charge in [-0.3, -0.25) is 4.79 Å². The summed E-state index contributed by atoms with van der Waals surface area (Å²) in [5.41, 5.74) is 0. The van der Waals surface area contributed by atoms with E-state index in [0.717, 1.165) is 63.0 Å². The molecule has 3 rings (SSSR count). The summed E-state index contributed by atoms with van der Waals surface area (Å²) in [6.45, 7) is 8.13. The van der Waals surface area contributed by atoms with Gasteiger partial charge in [-0.15, -0.1) is 0 Å². The van der Waals surface area contributed by atoms with Gasteiger partial charge in [0.1, 0.15) is 17.5 Å². The Morgan fingerprint density at radius 1 is 1.17 bits per heavy atom. The summed E-state index contributed by atoms with van der Waals surface area (Å²) in [5, 5.41) is 3.26. The Morgan fingerprint density at radius 3 is 2.54 bits per heavy atom. The van der Waals surface area contributed by atoms with E-state index >= 15 is 0 Å². The Kier molecular flexibility index (Phi) is 5.53. The minimum atomic E-state index is 0.270. The Bertz CT molecular complexity index is 563. The first-order chi connectivity index (χ1) is 11.7. The third kappa shape index (κ3) is 3.97. The number of carbonyl (C=O) groups excluding carboxylic acids is 1. The molecule has 1 aromatic rings. The number of aromatic nitrogens is 2. The van der Waals surface area contributed by atoms with E-state index in [9.17, 15) is 4.79 Å². The van der Waals surface area contributed by atoms with Crippen molar-refractivity contribution in [1.29, 1.82) is 0 Å². The average Bonchev–Trinajstić information content (AvgIpc) is 2.62. The second-order valence-corrected chi connectivity index (χ2v) is 6.84. The predicted octanol–water partition coefficient (Wildman–Crippen LogP) is 2.45. The van der Waals surface area contributed by atoms with Crippen molar-refractivity contribution in [1.82, 2.24) is 14.9 Å². The molecule has 0 unspecified atom stereocenters. The third-order valence-corrected chi connectivity index (χ3v) is 5.05. The van der Waals surface area contributed by atoms with E-state index in [0.29, 0.717) is 5.91 Å². The molecule has 1 N–H and O–H groups in total. The summed E-state index contributed by atoms with van der Waals surface area (Å²) in [6, 6.07) is 2.01. The van der Waals surface area contributed by atoms with Crippen LogP contribution in [0.15, 0.2) is 6.07 Å². The molecule has 6 heteroatoms. The number of carbonyl (C=O) groups is 1. The van der Waals surface area contributed by atoms with Crippen molar-refractivity contribution in [3.8, 4) is 0 Å². The first-order valence-electron chi connectivity index (χ1n) is 9.30. The largest absolute Gasteiger partial charge is 0.370 e. The van der Waals surface area contributed by atoms with Crippen LogP contribution >= 0.6 is 0 Å². The first-order valence-corrected chi connectivity index (χ1v) is 9.30. The Morgan fingerprint density at radius 2 is 1.88 bits per heavy atom. The Labute approximate surface area is 144 Å². The van der Waals surface area contributed by atoms with Gasteiger partial charge in [-0.1, -0.05) is 19.3 Å². The molecule has 1 saturated carbocycles. The van der Waals surface area contributed by atoms with Crippen molar-refractivity contribution in [2.75, 3.05) is 42.9 Å². The standard InChI is InChI=1S/C18H29N5O/c1-3-19-16-13-17(21-14(2)20-16)22-9-11-23(12-10-22)18(24)15-7-5-4-6-8-15/h13,15H,3-12H2,1-2H3,(H,19,20,21). The quantitative estimate of drug-likeness (QED) is 0.918. The van der Waals surface area contributed by atoms with Crippen LogP contribution in [0.5, 0.6) is 0 Å². The van der Waals surface area contributed by atoms with Gasteiger partial charge >= 0.3 is 0 Å². The number of amides is 1. The smallest absolute Gasteiger partial charge is 0.225 e. The molecule has 2 fully saturated rings. The SMILES string of the molecule is CCNc1cc(N2CCN(C(=O)C3CCCCC3)CC2)nc(C)n1. The molecule has 0 bridgehead atoms. The van der Waals surface area contributed by atoms with Crippen LogP contribution in [-0.2, 0) is 4.79 Å². The highest BCUT2D eigenvalue weighted by molar-refractivity contribution is 5.79. The molecule has 24 heavy (non-hydrogen) atoms. The molecule has 1 amide bonds. The summed E-state index contributed by atoms with van der Waals surface area (Å²) >= 11 is 0. The lowest BCUT2D eigenvalue weighted by Gasteiger charge is -2.37. The minimum absolute atomic E-state index is 0.270. The zero-order valence-electron chi connectivity index (χ0n) is 14.9. The number of hydrogen-bond acceptors (Lipinski definition) is 5. The first kappa shape index (κ1) is 17.0. The van der Waals surface area contributed by atoms with E-state index in [1.54, 1.807) is 0 Å². The summed E-state index contributed by atoms with van der Waals surface area (Å²) in [5.74, 6) is 3.27. The summed E-state index contributed by atoms with van der Waals surface area (Å²) in [7, 11) is 0. The van der Waals surface area contributed by atoms with Crippen LogP contribution in [0.2, 0.25) is 0 Å². The Balaban J connectivity index is 1.59. The van der Waals surface area contributed by atoms with Crippen molar-refractivity contribution >= 4 is 17.5 Å². The second kappa shape index (κ2) is 7.81. The molecule has 0 spiro atoms. The fourth-order valence-corrected chi connectivity index (χ4v) is 3.75. The monoisotopic (exact) mass is 331 g/mol. The van der Waals surface area contributed by atoms with Crippen molar-refractivity contribution in [2.24, 2.45) is 5.92 Å². The lowest BCUT2D eigenvalue weighted by atomic mass is 9.88. The molecule has 132 valence electrons. The fraction of sp³-hybridized carbons (Fsp3) is 0.722. The number of hydrogen-bond donors (Lipinski definition) is 1. The van der Waals surface area contributed by atoms with Gasteiger partial charge in [0.2, 0.25) is 5.91 Å². The molecule has 2 aliphatic rings. The van der Waals surface area contributed by atoms with Crippen molar-refractivity contribution in [3.05, 3.63) is 11.9 Å². The van der Waals surface area contributed by atoms with Gasteiger partial charge < -0.3 is 15.1 Å². The number of piperazine rings is 1. The van der Waals surface area contributed by atoms with Gasteiger partial charge in [-0.05, 0) is 26.7 Å². The van der Waals surface area contributed by atoms with E-state index in [1.165, 1.54) is 19.3 Å². The maximum Gasteiger partial charge on any atom is 0.225 e. The molecule has 1 aliphatic carbocycles. The van der Waals surface area contributed by atoms with Crippen LogP contribution < -0.4 is 10.2 Å². The van der Waals surface area contributed by atoms with Crippen LogP contribution in [0, 0.1) is 12.8 Å². The highest BCUT2D eigenvalue weighted by Crippen LogP contribution is 2.26. The highest BCUT2D eigenvalue weighted by atomic mass is 16.2. The molecular weight excluding hydrogens is 302 g/mol. The zero-order chi connectivity index (χ0) is 16.9. The maximum absolute atomic E-state index is 12.7. The van der Waals surface area contributed by atoms with E-state index in [4.69, 9.17) is 0 Å². The van der Waals surface area contributed by atoms with E-state index in [2.05, 4.69) is 32.0 Å². The number of nitrogens with zero attached hydrogens (tertiary/aromatic N) is 4. The van der Waals surface area contributed by atoms with E-state index < -0.39 is 0 Å². The van der Waals surface area contributed by atoms with Crippen LogP contribution in [-0.4, -0.2) is 53.5 Å². The number of rotatable bonds is 4. The van der Waals surface area contributed by atoms with Crippen LogP contribution in [0.3, 0.4) is 0 Å². The van der Waals surface area contributed by atoms with Crippen LogP contribution in [0.25, 0.3) is 0 Å². The highest BCUT2D eigenvalue weighted by Gasteiger charge is 2.28. The molecule has 0 aromatic carbocycles. The molecule has 6 nitrogen and oxygen atoms in total. The number of nitrogens with one attached hydrogen (secondary N) is 1. The topological polar surface area (TPSA) is 61.4 Å². The third-order valence-electron chi connectivity index (χ3n) is 5.05. The lowest BCUT2D eigenvalue weighted by Crippen LogP contribution is -2.50. The fourth-order valence-electron chi connectivity index (χ4n) is 3.75. The van der Waals surface area contributed by atoms with Crippen molar-refractivity contribution in [3.63, 3.8) is 0 Å². The van der Waals surface area contributed by atoms with Gasteiger partial charge in [0.05, 0.1) is 0 Å². The molecule has 0 radical (unpaired) electrons. The minimum Gasteiger partial charge on any atom is -0.370 e. The van der Waals surface area contributed by atoms with Gasteiger partial charge in [-0.2, -0.15) is 0 Å². The average molecular weight is 331 g/mol. The van der Waals surface area contributed by atoms with Gasteiger partial charge in [0, 0.05) is 44.7 Å². The lowest BCUT2D eigenvalue weighted by molar-refractivity contribution is -0.136.